The molecule has 8 nitrogen and oxygen atoms in total. The van der Waals surface area contributed by atoms with Crippen LogP contribution in [0.15, 0.2) is 33.8 Å². The largest absolute Gasteiger partial charge is 0.495 e. The van der Waals surface area contributed by atoms with Gasteiger partial charge in [0.1, 0.15) is 16.3 Å². The second-order valence-corrected chi connectivity index (χ2v) is 6.11. The molecule has 0 aliphatic carbocycles. The van der Waals surface area contributed by atoms with Gasteiger partial charge in [-0.1, -0.05) is 11.2 Å². The number of rotatable bonds is 6. The van der Waals surface area contributed by atoms with Gasteiger partial charge in [0, 0.05) is 0 Å². The lowest BCUT2D eigenvalue weighted by molar-refractivity contribution is -0.136. The number of sulfonamides is 1. The molecule has 2 rings (SSSR count). The summed E-state index contributed by atoms with van der Waals surface area (Å²) in [7, 11) is -2.65. The summed E-state index contributed by atoms with van der Waals surface area (Å²) in [6.45, 7) is 1.56. The minimum absolute atomic E-state index is 0.107. The summed E-state index contributed by atoms with van der Waals surface area (Å²) in [6, 6.07) is 4.17. The first-order valence-electron chi connectivity index (χ1n) is 6.16. The second kappa shape index (κ2) is 6.06. The Morgan fingerprint density at radius 2 is 2.18 bits per heavy atom. The SMILES string of the molecule is COc1ccc(CC(=O)O)cc1S(=O)(=O)Nc1cnoc1C. The van der Waals surface area contributed by atoms with Crippen LogP contribution in [0.5, 0.6) is 5.75 Å². The van der Waals surface area contributed by atoms with E-state index in [1.807, 2.05) is 0 Å². The van der Waals surface area contributed by atoms with Gasteiger partial charge in [0.2, 0.25) is 0 Å². The van der Waals surface area contributed by atoms with E-state index in [0.717, 1.165) is 0 Å². The molecule has 118 valence electrons. The quantitative estimate of drug-likeness (QED) is 0.824. The van der Waals surface area contributed by atoms with Crippen molar-refractivity contribution in [1.29, 1.82) is 0 Å². The van der Waals surface area contributed by atoms with Gasteiger partial charge in [-0.05, 0) is 24.6 Å². The minimum Gasteiger partial charge on any atom is -0.495 e. The molecular formula is C13H14N2O6S. The second-order valence-electron chi connectivity index (χ2n) is 4.46. The van der Waals surface area contributed by atoms with Gasteiger partial charge < -0.3 is 14.4 Å². The average molecular weight is 326 g/mol. The molecule has 0 atom stereocenters. The number of carbonyl (C=O) groups is 1. The highest BCUT2D eigenvalue weighted by molar-refractivity contribution is 7.92. The fourth-order valence-electron chi connectivity index (χ4n) is 1.81. The Bertz CT molecular complexity index is 797. The maximum absolute atomic E-state index is 12.5. The number of ether oxygens (including phenoxy) is 1. The van der Waals surface area contributed by atoms with Gasteiger partial charge in [-0.3, -0.25) is 9.52 Å². The van der Waals surface area contributed by atoms with Crippen molar-refractivity contribution in [2.24, 2.45) is 0 Å². The van der Waals surface area contributed by atoms with Crippen molar-refractivity contribution in [3.05, 3.63) is 35.7 Å². The Morgan fingerprint density at radius 3 is 2.73 bits per heavy atom. The van der Waals surface area contributed by atoms with E-state index in [4.69, 9.17) is 14.4 Å². The van der Waals surface area contributed by atoms with Gasteiger partial charge in [-0.2, -0.15) is 0 Å². The number of methoxy groups -OCH3 is 1. The zero-order valence-electron chi connectivity index (χ0n) is 11.9. The fraction of sp³-hybridized carbons (Fsp3) is 0.231. The highest BCUT2D eigenvalue weighted by Crippen LogP contribution is 2.28. The molecule has 0 aliphatic heterocycles. The highest BCUT2D eigenvalue weighted by atomic mass is 32.2. The first-order valence-corrected chi connectivity index (χ1v) is 7.64. The topological polar surface area (TPSA) is 119 Å². The van der Waals surface area contributed by atoms with Crippen molar-refractivity contribution in [3.8, 4) is 5.75 Å². The van der Waals surface area contributed by atoms with Crippen molar-refractivity contribution in [2.75, 3.05) is 11.8 Å². The van der Waals surface area contributed by atoms with Crippen LogP contribution in [-0.2, 0) is 21.2 Å². The van der Waals surface area contributed by atoms with Crippen LogP contribution in [0.1, 0.15) is 11.3 Å². The van der Waals surface area contributed by atoms with Gasteiger partial charge in [0.25, 0.3) is 10.0 Å². The van der Waals surface area contributed by atoms with Gasteiger partial charge in [0.15, 0.2) is 5.76 Å². The number of carboxylic acids is 1. The lowest BCUT2D eigenvalue weighted by atomic mass is 10.1. The maximum Gasteiger partial charge on any atom is 0.307 e. The number of anilines is 1. The van der Waals surface area contributed by atoms with Crippen molar-refractivity contribution in [2.45, 2.75) is 18.2 Å². The van der Waals surface area contributed by atoms with Gasteiger partial charge in [0.05, 0.1) is 19.7 Å². The summed E-state index contributed by atoms with van der Waals surface area (Å²) < 4.78 is 37.1. The van der Waals surface area contributed by atoms with E-state index in [1.165, 1.54) is 31.5 Å². The molecule has 9 heteroatoms. The smallest absolute Gasteiger partial charge is 0.307 e. The standard InChI is InChI=1S/C13H14N2O6S/c1-8-10(7-14-21-8)15-22(18,19)12-5-9(6-13(16)17)3-4-11(12)20-2/h3-5,7,15H,6H2,1-2H3,(H,16,17). The summed E-state index contributed by atoms with van der Waals surface area (Å²) in [4.78, 5) is 10.6. The summed E-state index contributed by atoms with van der Waals surface area (Å²) in [5.41, 5.74) is 0.543. The number of nitrogens with one attached hydrogen (secondary N) is 1. The molecule has 0 saturated heterocycles. The van der Waals surface area contributed by atoms with E-state index in [-0.39, 0.29) is 22.8 Å². The molecule has 1 aromatic heterocycles. The van der Waals surface area contributed by atoms with E-state index < -0.39 is 16.0 Å². The van der Waals surface area contributed by atoms with E-state index in [2.05, 4.69) is 9.88 Å². The number of aryl methyl sites for hydroxylation is 1. The van der Waals surface area contributed by atoms with E-state index >= 15 is 0 Å². The van der Waals surface area contributed by atoms with Gasteiger partial charge in [-0.25, -0.2) is 8.42 Å². The number of hydrogen-bond acceptors (Lipinski definition) is 6. The van der Waals surface area contributed by atoms with Crippen LogP contribution < -0.4 is 9.46 Å². The third-order valence-electron chi connectivity index (χ3n) is 2.87. The molecule has 0 spiro atoms. The van der Waals surface area contributed by atoms with Crippen LogP contribution in [0, 0.1) is 6.92 Å². The Labute approximate surface area is 126 Å². The molecule has 0 fully saturated rings. The number of hydrogen-bond donors (Lipinski definition) is 2. The Balaban J connectivity index is 2.44. The predicted molar refractivity (Wildman–Crippen MR) is 76.4 cm³/mol. The van der Waals surface area contributed by atoms with Crippen molar-refractivity contribution >= 4 is 21.7 Å². The van der Waals surface area contributed by atoms with Crippen LogP contribution in [0.25, 0.3) is 0 Å². The predicted octanol–water partition coefficient (Wildman–Crippen LogP) is 1.42. The van der Waals surface area contributed by atoms with Crippen molar-refractivity contribution in [1.82, 2.24) is 5.16 Å². The van der Waals surface area contributed by atoms with E-state index in [0.29, 0.717) is 11.3 Å². The monoisotopic (exact) mass is 326 g/mol. The van der Waals surface area contributed by atoms with Crippen LogP contribution in [0.2, 0.25) is 0 Å². The zero-order valence-corrected chi connectivity index (χ0v) is 12.7. The number of nitrogens with zero attached hydrogens (tertiary/aromatic N) is 1. The summed E-state index contributed by atoms with van der Waals surface area (Å²) in [6.07, 6.45) is 0.944. The molecule has 0 saturated carbocycles. The molecule has 0 amide bonds. The Hall–Kier alpha value is -2.55. The maximum atomic E-state index is 12.5. The van der Waals surface area contributed by atoms with Crippen molar-refractivity contribution < 1.29 is 27.6 Å². The first kappa shape index (κ1) is 15.8. The van der Waals surface area contributed by atoms with Crippen molar-refractivity contribution in [3.63, 3.8) is 0 Å². The molecule has 2 aromatic rings. The number of aromatic nitrogens is 1. The molecule has 1 heterocycles. The lowest BCUT2D eigenvalue weighted by Gasteiger charge is -2.12. The Kier molecular flexibility index (Phi) is 4.36. The van der Waals surface area contributed by atoms with Crippen LogP contribution in [0.3, 0.4) is 0 Å². The number of aliphatic carboxylic acids is 1. The molecule has 0 aliphatic rings. The van der Waals surface area contributed by atoms with E-state index in [1.54, 1.807) is 6.92 Å². The zero-order chi connectivity index (χ0) is 16.3. The molecule has 0 bridgehead atoms. The number of benzene rings is 1. The lowest BCUT2D eigenvalue weighted by Crippen LogP contribution is -2.15. The molecule has 22 heavy (non-hydrogen) atoms. The van der Waals surface area contributed by atoms with Gasteiger partial charge in [-0.15, -0.1) is 0 Å². The molecule has 0 radical (unpaired) electrons. The van der Waals surface area contributed by atoms with Crippen LogP contribution in [0.4, 0.5) is 5.69 Å². The Morgan fingerprint density at radius 1 is 1.45 bits per heavy atom. The first-order chi connectivity index (χ1) is 10.3. The highest BCUT2D eigenvalue weighted by Gasteiger charge is 2.22. The normalized spacial score (nSPS) is 11.2. The third-order valence-corrected chi connectivity index (χ3v) is 4.25. The number of carboxylic acid groups (broad SMARTS) is 1. The summed E-state index contributed by atoms with van der Waals surface area (Å²) in [5.74, 6) is -0.642. The summed E-state index contributed by atoms with van der Waals surface area (Å²) in [5, 5.41) is 12.3. The van der Waals surface area contributed by atoms with Crippen LogP contribution >= 0.6 is 0 Å². The molecule has 1 aromatic carbocycles. The molecular weight excluding hydrogens is 312 g/mol. The van der Waals surface area contributed by atoms with E-state index in [9.17, 15) is 13.2 Å². The third kappa shape index (κ3) is 3.37. The fourth-order valence-corrected chi connectivity index (χ4v) is 3.13. The molecule has 2 N–H and O–H groups in total. The van der Waals surface area contributed by atoms with Crippen LogP contribution in [-0.4, -0.2) is 31.8 Å². The minimum atomic E-state index is -3.97. The summed E-state index contributed by atoms with van der Waals surface area (Å²) >= 11 is 0. The van der Waals surface area contributed by atoms with Gasteiger partial charge >= 0.3 is 5.97 Å². The molecule has 0 unspecified atom stereocenters. The average Bonchev–Trinajstić information content (AvgIpc) is 2.83.